The Kier molecular flexibility index (Phi) is 3.79. The minimum Gasteiger partial charge on any atom is -0.496 e. The smallest absolute Gasteiger partial charge is 0.156 e. The summed E-state index contributed by atoms with van der Waals surface area (Å²) in [4.78, 5) is 11.8. The first-order valence-electron chi connectivity index (χ1n) is 6.75. The predicted octanol–water partition coefficient (Wildman–Crippen LogP) is 3.86. The first-order valence-corrected chi connectivity index (χ1v) is 6.75. The zero-order chi connectivity index (χ0) is 14.0. The van der Waals surface area contributed by atoms with Gasteiger partial charge in [0.1, 0.15) is 5.75 Å². The van der Waals surface area contributed by atoms with Crippen molar-refractivity contribution >= 4 is 5.78 Å². The quantitative estimate of drug-likeness (QED) is 0.823. The molecular weight excluding hydrogens is 236 g/mol. The van der Waals surface area contributed by atoms with Crippen LogP contribution in [0.3, 0.4) is 0 Å². The molecule has 2 heteroatoms. The number of carbonyl (C=O) groups is 1. The summed E-state index contributed by atoms with van der Waals surface area (Å²) in [7, 11) is 1.69. The molecule has 102 valence electrons. The van der Waals surface area contributed by atoms with Gasteiger partial charge in [0, 0.05) is 6.42 Å². The molecule has 0 saturated heterocycles. The van der Waals surface area contributed by atoms with Gasteiger partial charge in [-0.1, -0.05) is 37.1 Å². The van der Waals surface area contributed by atoms with E-state index in [1.54, 1.807) is 7.11 Å². The molecule has 0 spiro atoms. The Morgan fingerprint density at radius 3 is 2.63 bits per heavy atom. The number of allylic oxidation sites excluding steroid dienone is 2. The summed E-state index contributed by atoms with van der Waals surface area (Å²) in [5, 5.41) is 0. The molecule has 1 aliphatic carbocycles. The van der Waals surface area contributed by atoms with Crippen LogP contribution in [0.25, 0.3) is 0 Å². The van der Waals surface area contributed by atoms with Gasteiger partial charge in [0.25, 0.3) is 0 Å². The van der Waals surface area contributed by atoms with Gasteiger partial charge in [0.2, 0.25) is 0 Å². The number of ether oxygens (including phenoxy) is 1. The van der Waals surface area contributed by atoms with Crippen molar-refractivity contribution in [2.75, 3.05) is 7.11 Å². The van der Waals surface area contributed by atoms with E-state index in [2.05, 4.69) is 26.8 Å². The summed E-state index contributed by atoms with van der Waals surface area (Å²) < 4.78 is 5.41. The largest absolute Gasteiger partial charge is 0.496 e. The molecule has 1 aromatic rings. The number of benzene rings is 1. The fourth-order valence-electron chi connectivity index (χ4n) is 2.88. The summed E-state index contributed by atoms with van der Waals surface area (Å²) in [6.45, 7) is 6.39. The summed E-state index contributed by atoms with van der Waals surface area (Å²) in [6.07, 6.45) is 4.27. The van der Waals surface area contributed by atoms with E-state index in [1.165, 1.54) is 16.7 Å². The number of methoxy groups -OCH3 is 1. The molecule has 2 rings (SSSR count). The van der Waals surface area contributed by atoms with E-state index in [4.69, 9.17) is 4.74 Å². The van der Waals surface area contributed by atoms with Crippen LogP contribution in [0.4, 0.5) is 0 Å². The SMILES string of the molecule is COc1ccc(C)cc1CC1=CC(=O)CC(C)(C)C1. The normalized spacial score (nSPS) is 18.1. The van der Waals surface area contributed by atoms with Gasteiger partial charge in [0.05, 0.1) is 7.11 Å². The third-order valence-electron chi connectivity index (χ3n) is 3.58. The van der Waals surface area contributed by atoms with Crippen molar-refractivity contribution in [1.82, 2.24) is 0 Å². The van der Waals surface area contributed by atoms with Crippen LogP contribution in [0.2, 0.25) is 0 Å². The third-order valence-corrected chi connectivity index (χ3v) is 3.58. The molecule has 0 N–H and O–H groups in total. The Labute approximate surface area is 115 Å². The highest BCUT2D eigenvalue weighted by Crippen LogP contribution is 2.36. The van der Waals surface area contributed by atoms with Crippen molar-refractivity contribution in [3.8, 4) is 5.75 Å². The van der Waals surface area contributed by atoms with Gasteiger partial charge in [-0.2, -0.15) is 0 Å². The van der Waals surface area contributed by atoms with E-state index in [-0.39, 0.29) is 11.2 Å². The summed E-state index contributed by atoms with van der Waals surface area (Å²) in [6, 6.07) is 6.19. The molecule has 19 heavy (non-hydrogen) atoms. The van der Waals surface area contributed by atoms with Crippen LogP contribution in [0.15, 0.2) is 29.8 Å². The molecule has 2 nitrogen and oxygen atoms in total. The highest BCUT2D eigenvalue weighted by atomic mass is 16.5. The van der Waals surface area contributed by atoms with Crippen LogP contribution in [-0.2, 0) is 11.2 Å². The Bertz CT molecular complexity index is 524. The predicted molar refractivity (Wildman–Crippen MR) is 77.5 cm³/mol. The fourth-order valence-corrected chi connectivity index (χ4v) is 2.88. The van der Waals surface area contributed by atoms with Crippen molar-refractivity contribution in [2.24, 2.45) is 5.41 Å². The molecular formula is C17H22O2. The maximum atomic E-state index is 11.8. The minimum absolute atomic E-state index is 0.0816. The van der Waals surface area contributed by atoms with Gasteiger partial charge in [-0.25, -0.2) is 0 Å². The van der Waals surface area contributed by atoms with Crippen molar-refractivity contribution in [2.45, 2.75) is 40.0 Å². The maximum Gasteiger partial charge on any atom is 0.156 e. The molecule has 1 aromatic carbocycles. The van der Waals surface area contributed by atoms with Crippen molar-refractivity contribution in [3.05, 3.63) is 41.0 Å². The molecule has 0 radical (unpaired) electrons. The second kappa shape index (κ2) is 5.20. The lowest BCUT2D eigenvalue weighted by atomic mass is 9.75. The topological polar surface area (TPSA) is 26.3 Å². The number of carbonyl (C=O) groups excluding carboxylic acids is 1. The number of rotatable bonds is 3. The lowest BCUT2D eigenvalue weighted by molar-refractivity contribution is -0.117. The van der Waals surface area contributed by atoms with Gasteiger partial charge in [-0.3, -0.25) is 4.79 Å². The van der Waals surface area contributed by atoms with Crippen molar-refractivity contribution in [1.29, 1.82) is 0 Å². The Morgan fingerprint density at radius 1 is 1.26 bits per heavy atom. The number of aryl methyl sites for hydroxylation is 1. The van der Waals surface area contributed by atoms with Crippen LogP contribution in [0.5, 0.6) is 5.75 Å². The van der Waals surface area contributed by atoms with E-state index in [9.17, 15) is 4.79 Å². The number of hydrogen-bond donors (Lipinski definition) is 0. The second-order valence-corrected chi connectivity index (χ2v) is 6.28. The standard InChI is InChI=1S/C17H22O2/c1-12-5-6-16(19-4)14(7-12)8-13-9-15(18)11-17(2,3)10-13/h5-7,9H,8,10-11H2,1-4H3. The molecule has 0 bridgehead atoms. The molecule has 0 unspecified atom stereocenters. The zero-order valence-electron chi connectivity index (χ0n) is 12.2. The molecule has 0 fully saturated rings. The minimum atomic E-state index is 0.0816. The molecule has 0 heterocycles. The fraction of sp³-hybridized carbons (Fsp3) is 0.471. The van der Waals surface area contributed by atoms with Gasteiger partial charge >= 0.3 is 0 Å². The Hall–Kier alpha value is -1.57. The van der Waals surface area contributed by atoms with Crippen LogP contribution >= 0.6 is 0 Å². The van der Waals surface area contributed by atoms with Gasteiger partial charge in [-0.05, 0) is 42.9 Å². The highest BCUT2D eigenvalue weighted by Gasteiger charge is 2.27. The lowest BCUT2D eigenvalue weighted by Crippen LogP contribution is -2.22. The third kappa shape index (κ3) is 3.46. The molecule has 0 saturated carbocycles. The summed E-state index contributed by atoms with van der Waals surface area (Å²) >= 11 is 0. The average Bonchev–Trinajstić information content (AvgIpc) is 2.26. The monoisotopic (exact) mass is 258 g/mol. The van der Waals surface area contributed by atoms with E-state index < -0.39 is 0 Å². The van der Waals surface area contributed by atoms with E-state index in [1.807, 2.05) is 18.2 Å². The van der Waals surface area contributed by atoms with Crippen molar-refractivity contribution < 1.29 is 9.53 Å². The van der Waals surface area contributed by atoms with Crippen LogP contribution in [-0.4, -0.2) is 12.9 Å². The highest BCUT2D eigenvalue weighted by molar-refractivity contribution is 5.91. The number of hydrogen-bond acceptors (Lipinski definition) is 2. The molecule has 1 aliphatic rings. The van der Waals surface area contributed by atoms with Crippen LogP contribution < -0.4 is 4.74 Å². The summed E-state index contributed by atoms with van der Waals surface area (Å²) in [5.41, 5.74) is 3.68. The van der Waals surface area contributed by atoms with Crippen LogP contribution in [0, 0.1) is 12.3 Å². The zero-order valence-corrected chi connectivity index (χ0v) is 12.2. The van der Waals surface area contributed by atoms with E-state index in [0.29, 0.717) is 6.42 Å². The van der Waals surface area contributed by atoms with E-state index in [0.717, 1.165) is 18.6 Å². The Balaban J connectivity index is 2.26. The van der Waals surface area contributed by atoms with Crippen LogP contribution in [0.1, 0.15) is 37.8 Å². The molecule has 0 aliphatic heterocycles. The average molecular weight is 258 g/mol. The van der Waals surface area contributed by atoms with Crippen molar-refractivity contribution in [3.63, 3.8) is 0 Å². The van der Waals surface area contributed by atoms with Gasteiger partial charge in [-0.15, -0.1) is 0 Å². The van der Waals surface area contributed by atoms with E-state index >= 15 is 0 Å². The van der Waals surface area contributed by atoms with Gasteiger partial charge < -0.3 is 4.74 Å². The number of ketones is 1. The lowest BCUT2D eigenvalue weighted by Gasteiger charge is -2.29. The first kappa shape index (κ1) is 13.9. The van der Waals surface area contributed by atoms with Gasteiger partial charge in [0.15, 0.2) is 5.78 Å². The molecule has 0 amide bonds. The summed E-state index contributed by atoms with van der Waals surface area (Å²) in [5.74, 6) is 1.15. The second-order valence-electron chi connectivity index (χ2n) is 6.28. The molecule has 0 aromatic heterocycles. The first-order chi connectivity index (χ1) is 8.89. The molecule has 0 atom stereocenters. The maximum absolute atomic E-state index is 11.8. The Morgan fingerprint density at radius 2 is 2.00 bits per heavy atom.